The summed E-state index contributed by atoms with van der Waals surface area (Å²) >= 11 is 0. The van der Waals surface area contributed by atoms with Crippen LogP contribution >= 0.6 is 0 Å². The molecule has 0 aromatic heterocycles. The molecule has 0 heterocycles. The summed E-state index contributed by atoms with van der Waals surface area (Å²) < 4.78 is 10.7. The number of rotatable bonds is 18. The molecule has 1 aromatic carbocycles. The molecule has 4 atom stereocenters. The van der Waals surface area contributed by atoms with Crippen molar-refractivity contribution in [3.63, 3.8) is 0 Å². The quantitative estimate of drug-likeness (QED) is 0.233. The smallest absolute Gasteiger partial charge is 0.251 e. The molecule has 0 saturated heterocycles. The van der Waals surface area contributed by atoms with Gasteiger partial charge in [-0.05, 0) is 49.3 Å². The molecule has 0 aliphatic heterocycles. The van der Waals surface area contributed by atoms with E-state index in [0.717, 1.165) is 19.3 Å². The largest absolute Gasteiger partial charge is 0.493 e. The van der Waals surface area contributed by atoms with E-state index in [2.05, 4.69) is 31.4 Å². The number of hydrogen-bond acceptors (Lipinski definition) is 6. The van der Waals surface area contributed by atoms with Crippen LogP contribution < -0.4 is 21.1 Å². The Kier molecular flexibility index (Phi) is 15.3. The Morgan fingerprint density at radius 1 is 1.09 bits per heavy atom. The Morgan fingerprint density at radius 3 is 2.49 bits per heavy atom. The Morgan fingerprint density at radius 2 is 1.83 bits per heavy atom. The van der Waals surface area contributed by atoms with E-state index >= 15 is 0 Å². The molecule has 0 spiro atoms. The number of aliphatic hydroxyl groups is 1. The average molecular weight is 494 g/mol. The number of aliphatic hydroxyl groups excluding tert-OH is 1. The van der Waals surface area contributed by atoms with Crippen LogP contribution in [-0.2, 0) is 9.53 Å². The van der Waals surface area contributed by atoms with Crippen LogP contribution in [0.5, 0.6) is 5.75 Å². The Bertz CT molecular complexity index is 743. The van der Waals surface area contributed by atoms with Gasteiger partial charge in [-0.1, -0.05) is 40.2 Å². The average Bonchev–Trinajstić information content (AvgIpc) is 2.84. The summed E-state index contributed by atoms with van der Waals surface area (Å²) in [6.07, 6.45) is 2.81. The number of amides is 2. The second kappa shape index (κ2) is 17.3. The summed E-state index contributed by atoms with van der Waals surface area (Å²) in [6, 6.07) is 6.63. The highest BCUT2D eigenvalue weighted by molar-refractivity contribution is 5.94. The number of carbonyl (C=O) groups is 2. The Balaban J connectivity index is 2.57. The molecule has 0 aliphatic carbocycles. The first-order chi connectivity index (χ1) is 16.7. The lowest BCUT2D eigenvalue weighted by molar-refractivity contribution is -0.125. The van der Waals surface area contributed by atoms with Gasteiger partial charge in [-0.3, -0.25) is 9.59 Å². The molecule has 35 heavy (non-hydrogen) atoms. The molecular weight excluding hydrogens is 446 g/mol. The number of benzene rings is 1. The number of methoxy groups -OCH3 is 1. The fraction of sp³-hybridized carbons (Fsp3) is 0.704. The summed E-state index contributed by atoms with van der Waals surface area (Å²) in [7, 11) is 1.65. The minimum atomic E-state index is -0.786. The lowest BCUT2D eigenvalue weighted by Crippen LogP contribution is -2.42. The molecular formula is C27H47N3O5. The zero-order valence-corrected chi connectivity index (χ0v) is 22.2. The lowest BCUT2D eigenvalue weighted by atomic mass is 9.86. The van der Waals surface area contributed by atoms with E-state index in [1.165, 1.54) is 0 Å². The maximum atomic E-state index is 12.7. The van der Waals surface area contributed by atoms with Gasteiger partial charge in [0.25, 0.3) is 5.91 Å². The van der Waals surface area contributed by atoms with Gasteiger partial charge in [0.1, 0.15) is 5.75 Å². The van der Waals surface area contributed by atoms with Gasteiger partial charge in [-0.2, -0.15) is 0 Å². The molecule has 0 bridgehead atoms. The van der Waals surface area contributed by atoms with E-state index < -0.39 is 12.1 Å². The van der Waals surface area contributed by atoms with Crippen LogP contribution in [0.1, 0.15) is 70.2 Å². The van der Waals surface area contributed by atoms with Crippen LogP contribution in [0, 0.1) is 17.8 Å². The van der Waals surface area contributed by atoms with Crippen LogP contribution in [0.25, 0.3) is 0 Å². The number of unbranched alkanes of at least 4 members (excludes halogenated alkanes) is 1. The van der Waals surface area contributed by atoms with Crippen molar-refractivity contribution in [2.45, 2.75) is 71.9 Å². The van der Waals surface area contributed by atoms with Crippen molar-refractivity contribution in [2.75, 3.05) is 33.4 Å². The molecule has 8 heteroatoms. The van der Waals surface area contributed by atoms with Gasteiger partial charge in [0.2, 0.25) is 5.91 Å². The standard InChI is InChI=1S/C27H47N3O5/c1-6-7-12-29-26(32)20(4)15-25(31)24(28)17-22(19(2)3)18-30-27(33)21-10-8-11-23(16-21)35-14-9-13-34-5/h8,10-11,16,19-20,22,24-25,31H,6-7,9,12-15,17-18,28H2,1-5H3,(H,29,32)(H,30,33). The minimum Gasteiger partial charge on any atom is -0.493 e. The molecule has 4 unspecified atom stereocenters. The highest BCUT2D eigenvalue weighted by Crippen LogP contribution is 2.20. The van der Waals surface area contributed by atoms with E-state index in [0.29, 0.717) is 50.5 Å². The third-order valence-corrected chi connectivity index (χ3v) is 6.27. The number of carbonyl (C=O) groups excluding carboxylic acids is 2. The van der Waals surface area contributed by atoms with Crippen molar-refractivity contribution in [3.05, 3.63) is 29.8 Å². The Hall–Kier alpha value is -2.16. The van der Waals surface area contributed by atoms with Crippen LogP contribution in [0.3, 0.4) is 0 Å². The SMILES string of the molecule is CCCCNC(=O)C(C)CC(O)C(N)CC(CNC(=O)c1cccc(OCCCOC)c1)C(C)C. The van der Waals surface area contributed by atoms with Crippen LogP contribution in [-0.4, -0.2) is 62.5 Å². The topological polar surface area (TPSA) is 123 Å². The van der Waals surface area contributed by atoms with Crippen LogP contribution in [0.4, 0.5) is 0 Å². The molecule has 0 saturated carbocycles. The molecule has 2 amide bonds. The summed E-state index contributed by atoms with van der Waals surface area (Å²) in [4.78, 5) is 24.9. The second-order valence-corrected chi connectivity index (χ2v) is 9.69. The maximum Gasteiger partial charge on any atom is 0.251 e. The molecule has 8 nitrogen and oxygen atoms in total. The first-order valence-corrected chi connectivity index (χ1v) is 12.9. The molecule has 1 rings (SSSR count). The van der Waals surface area contributed by atoms with Gasteiger partial charge >= 0.3 is 0 Å². The van der Waals surface area contributed by atoms with Crippen molar-refractivity contribution in [1.82, 2.24) is 10.6 Å². The molecule has 0 radical (unpaired) electrons. The number of ether oxygens (including phenoxy) is 2. The van der Waals surface area contributed by atoms with Crippen molar-refractivity contribution >= 4 is 11.8 Å². The van der Waals surface area contributed by atoms with Gasteiger partial charge in [-0.15, -0.1) is 0 Å². The van der Waals surface area contributed by atoms with Crippen LogP contribution in [0.15, 0.2) is 24.3 Å². The van der Waals surface area contributed by atoms with Crippen molar-refractivity contribution in [3.8, 4) is 5.75 Å². The van der Waals surface area contributed by atoms with E-state index in [1.54, 1.807) is 25.3 Å². The first-order valence-electron chi connectivity index (χ1n) is 12.9. The maximum absolute atomic E-state index is 12.7. The molecule has 0 aliphatic rings. The van der Waals surface area contributed by atoms with Gasteiger partial charge in [-0.25, -0.2) is 0 Å². The fourth-order valence-electron chi connectivity index (χ4n) is 3.75. The zero-order valence-electron chi connectivity index (χ0n) is 22.2. The second-order valence-electron chi connectivity index (χ2n) is 9.69. The predicted octanol–water partition coefficient (Wildman–Crippen LogP) is 3.12. The summed E-state index contributed by atoms with van der Waals surface area (Å²) in [6.45, 7) is 10.3. The van der Waals surface area contributed by atoms with Gasteiger partial charge in [0.15, 0.2) is 0 Å². The van der Waals surface area contributed by atoms with Crippen molar-refractivity contribution < 1.29 is 24.2 Å². The first kappa shape index (κ1) is 30.9. The lowest BCUT2D eigenvalue weighted by Gasteiger charge is -2.28. The van der Waals surface area contributed by atoms with Crippen molar-refractivity contribution in [2.24, 2.45) is 23.5 Å². The molecule has 200 valence electrons. The number of nitrogens with one attached hydrogen (secondary N) is 2. The summed E-state index contributed by atoms with van der Waals surface area (Å²) in [5.74, 6) is 0.456. The monoisotopic (exact) mass is 493 g/mol. The predicted molar refractivity (Wildman–Crippen MR) is 139 cm³/mol. The van der Waals surface area contributed by atoms with Crippen molar-refractivity contribution in [1.29, 1.82) is 0 Å². The molecule has 0 fully saturated rings. The minimum absolute atomic E-state index is 0.0534. The molecule has 1 aromatic rings. The number of hydrogen-bond donors (Lipinski definition) is 4. The third-order valence-electron chi connectivity index (χ3n) is 6.27. The Labute approximate surface area is 211 Å². The van der Waals surface area contributed by atoms with Gasteiger partial charge in [0.05, 0.1) is 12.7 Å². The third kappa shape index (κ3) is 12.4. The van der Waals surface area contributed by atoms with Crippen LogP contribution in [0.2, 0.25) is 0 Å². The van der Waals surface area contributed by atoms with Gasteiger partial charge in [0, 0.05) is 50.8 Å². The number of nitrogens with two attached hydrogens (primary N) is 1. The highest BCUT2D eigenvalue weighted by Gasteiger charge is 2.26. The van der Waals surface area contributed by atoms with E-state index in [9.17, 15) is 14.7 Å². The van der Waals surface area contributed by atoms with Gasteiger partial charge < -0.3 is 30.9 Å². The summed E-state index contributed by atoms with van der Waals surface area (Å²) in [5, 5.41) is 16.5. The van der Waals surface area contributed by atoms with E-state index in [-0.39, 0.29) is 29.6 Å². The highest BCUT2D eigenvalue weighted by atomic mass is 16.5. The zero-order chi connectivity index (χ0) is 26.2. The van der Waals surface area contributed by atoms with E-state index in [1.807, 2.05) is 13.0 Å². The van der Waals surface area contributed by atoms with E-state index in [4.69, 9.17) is 15.2 Å². The fourth-order valence-corrected chi connectivity index (χ4v) is 3.75. The summed E-state index contributed by atoms with van der Waals surface area (Å²) in [5.41, 5.74) is 6.84. The molecule has 5 N–H and O–H groups in total. The normalized spacial score (nSPS) is 14.7.